The monoisotopic (exact) mass is 430 g/mol. The van der Waals surface area contributed by atoms with Crippen LogP contribution < -0.4 is 14.8 Å². The quantitative estimate of drug-likeness (QED) is 0.611. The molecule has 0 amide bonds. The molecule has 132 valence electrons. The number of thioether (sulfide) groups is 1. The molecule has 0 fully saturated rings. The van der Waals surface area contributed by atoms with Crippen molar-refractivity contribution < 1.29 is 9.47 Å². The van der Waals surface area contributed by atoms with E-state index in [1.807, 2.05) is 48.7 Å². The zero-order valence-electron chi connectivity index (χ0n) is 14.1. The second-order valence-electron chi connectivity index (χ2n) is 5.56. The minimum atomic E-state index is -0.433. The molecule has 6 nitrogen and oxygen atoms in total. The highest BCUT2D eigenvalue weighted by Crippen LogP contribution is 2.40. The highest BCUT2D eigenvalue weighted by molar-refractivity contribution is 9.10. The summed E-state index contributed by atoms with van der Waals surface area (Å²) in [4.78, 5) is 4.52. The van der Waals surface area contributed by atoms with Gasteiger partial charge in [-0.25, -0.2) is 0 Å². The van der Waals surface area contributed by atoms with Gasteiger partial charge in [0.05, 0.1) is 7.11 Å². The molecule has 8 heteroatoms. The second kappa shape index (κ2) is 7.13. The number of halogens is 1. The third-order valence-electron chi connectivity index (χ3n) is 3.97. The molecule has 3 aromatic rings. The Hall–Kier alpha value is -2.32. The first-order chi connectivity index (χ1) is 12.7. The maximum Gasteiger partial charge on any atom is 0.247 e. The van der Waals surface area contributed by atoms with E-state index in [2.05, 4.69) is 36.4 Å². The Labute approximate surface area is 163 Å². The number of aromatic nitrogens is 3. The van der Waals surface area contributed by atoms with Gasteiger partial charge < -0.3 is 14.8 Å². The second-order valence-corrected chi connectivity index (χ2v) is 7.25. The van der Waals surface area contributed by atoms with Crippen LogP contribution in [0.5, 0.6) is 11.6 Å². The van der Waals surface area contributed by atoms with Gasteiger partial charge in [-0.3, -0.25) is 0 Å². The number of anilines is 1. The van der Waals surface area contributed by atoms with E-state index in [1.54, 1.807) is 7.11 Å². The summed E-state index contributed by atoms with van der Waals surface area (Å²) in [7, 11) is 1.64. The highest BCUT2D eigenvalue weighted by Gasteiger charge is 2.26. The molecule has 1 aromatic heterocycles. The maximum atomic E-state index is 6.20. The van der Waals surface area contributed by atoms with E-state index in [1.165, 1.54) is 11.8 Å². The molecule has 0 saturated carbocycles. The fourth-order valence-electron chi connectivity index (χ4n) is 2.71. The molecule has 26 heavy (non-hydrogen) atoms. The lowest BCUT2D eigenvalue weighted by Crippen LogP contribution is -2.17. The van der Waals surface area contributed by atoms with Crippen LogP contribution in [0.4, 0.5) is 5.69 Å². The molecule has 1 aliphatic rings. The van der Waals surface area contributed by atoms with Crippen LogP contribution in [0.25, 0.3) is 11.3 Å². The van der Waals surface area contributed by atoms with E-state index >= 15 is 0 Å². The SMILES string of the molecule is COc1cccc([C@@H]2Nc3ccc(Br)cc3-c3nnc(SC)nc3O2)c1. The standard InChI is InChI=1S/C18H15BrN4O2S/c1-24-12-5-3-4-10(8-12)16-20-14-7-6-11(19)9-13(14)15-17(25-16)21-18(26-2)23-22-15/h3-9,16,20H,1-2H3/t16-/m1/s1. The number of rotatable bonds is 3. The Morgan fingerprint density at radius 2 is 2.08 bits per heavy atom. The van der Waals surface area contributed by atoms with E-state index in [0.29, 0.717) is 16.7 Å². The summed E-state index contributed by atoms with van der Waals surface area (Å²) in [6.07, 6.45) is 1.47. The van der Waals surface area contributed by atoms with Crippen LogP contribution in [0.15, 0.2) is 52.1 Å². The zero-order chi connectivity index (χ0) is 18.1. The Balaban J connectivity index is 1.86. The summed E-state index contributed by atoms with van der Waals surface area (Å²) in [6, 6.07) is 13.7. The maximum absolute atomic E-state index is 6.20. The third kappa shape index (κ3) is 3.22. The lowest BCUT2D eigenvalue weighted by molar-refractivity contribution is 0.224. The van der Waals surface area contributed by atoms with Crippen molar-refractivity contribution in [1.29, 1.82) is 0 Å². The number of nitrogens with one attached hydrogen (secondary N) is 1. The van der Waals surface area contributed by atoms with E-state index in [4.69, 9.17) is 9.47 Å². The first kappa shape index (κ1) is 17.1. The van der Waals surface area contributed by atoms with Crippen molar-refractivity contribution in [2.24, 2.45) is 0 Å². The number of nitrogens with zero attached hydrogens (tertiary/aromatic N) is 3. The fraction of sp³-hybridized carbons (Fsp3) is 0.167. The first-order valence-corrected chi connectivity index (χ1v) is 9.85. The molecule has 0 aliphatic carbocycles. The highest BCUT2D eigenvalue weighted by atomic mass is 79.9. The number of hydrogen-bond acceptors (Lipinski definition) is 7. The van der Waals surface area contributed by atoms with Gasteiger partial charge in [-0.05, 0) is 36.6 Å². The van der Waals surface area contributed by atoms with Crippen molar-refractivity contribution in [2.45, 2.75) is 11.4 Å². The van der Waals surface area contributed by atoms with Crippen molar-refractivity contribution in [3.63, 3.8) is 0 Å². The van der Waals surface area contributed by atoms with Crippen LogP contribution in [-0.4, -0.2) is 28.5 Å². The van der Waals surface area contributed by atoms with Crippen LogP contribution in [0.2, 0.25) is 0 Å². The molecule has 2 aromatic carbocycles. The molecule has 1 atom stereocenters. The number of benzene rings is 2. The van der Waals surface area contributed by atoms with Crippen molar-refractivity contribution in [2.75, 3.05) is 18.7 Å². The van der Waals surface area contributed by atoms with Crippen molar-refractivity contribution >= 4 is 33.4 Å². The lowest BCUT2D eigenvalue weighted by atomic mass is 10.1. The van der Waals surface area contributed by atoms with E-state index in [9.17, 15) is 0 Å². The normalized spacial score (nSPS) is 15.1. The fourth-order valence-corrected chi connectivity index (χ4v) is 3.37. The topological polar surface area (TPSA) is 69.2 Å². The van der Waals surface area contributed by atoms with Crippen molar-refractivity contribution in [3.05, 3.63) is 52.5 Å². The number of fused-ring (bicyclic) bond motifs is 3. The molecule has 2 heterocycles. The molecular weight excluding hydrogens is 416 g/mol. The van der Waals surface area contributed by atoms with E-state index in [-0.39, 0.29) is 0 Å². The molecule has 0 saturated heterocycles. The molecular formula is C18H15BrN4O2S. The third-order valence-corrected chi connectivity index (χ3v) is 5.00. The molecule has 0 bridgehead atoms. The number of hydrogen-bond donors (Lipinski definition) is 1. The van der Waals surface area contributed by atoms with Crippen LogP contribution in [0.1, 0.15) is 11.8 Å². The van der Waals surface area contributed by atoms with Gasteiger partial charge in [0.15, 0.2) is 11.9 Å². The van der Waals surface area contributed by atoms with Crippen LogP contribution >= 0.6 is 27.7 Å². The predicted octanol–water partition coefficient (Wildman–Crippen LogP) is 4.53. The Kier molecular flexibility index (Phi) is 4.69. The van der Waals surface area contributed by atoms with Crippen LogP contribution in [-0.2, 0) is 0 Å². The lowest BCUT2D eigenvalue weighted by Gasteiger charge is -2.19. The molecule has 0 unspecified atom stereocenters. The van der Waals surface area contributed by atoms with Gasteiger partial charge in [0.2, 0.25) is 11.0 Å². The summed E-state index contributed by atoms with van der Waals surface area (Å²) in [5.41, 5.74) is 3.31. The molecule has 0 radical (unpaired) electrons. The average molecular weight is 431 g/mol. The number of methoxy groups -OCH3 is 1. The van der Waals surface area contributed by atoms with Crippen LogP contribution in [0.3, 0.4) is 0 Å². The minimum Gasteiger partial charge on any atom is -0.497 e. The first-order valence-electron chi connectivity index (χ1n) is 7.83. The number of ether oxygens (including phenoxy) is 2. The largest absolute Gasteiger partial charge is 0.497 e. The summed E-state index contributed by atoms with van der Waals surface area (Å²) in [6.45, 7) is 0. The van der Waals surface area contributed by atoms with E-state index in [0.717, 1.165) is 27.0 Å². The van der Waals surface area contributed by atoms with Crippen molar-refractivity contribution in [3.8, 4) is 22.9 Å². The zero-order valence-corrected chi connectivity index (χ0v) is 16.5. The van der Waals surface area contributed by atoms with Gasteiger partial charge in [0.1, 0.15) is 5.75 Å². The molecule has 0 spiro atoms. The van der Waals surface area contributed by atoms with Gasteiger partial charge in [-0.1, -0.05) is 39.8 Å². The average Bonchev–Trinajstić information content (AvgIpc) is 2.84. The minimum absolute atomic E-state index is 0.433. The summed E-state index contributed by atoms with van der Waals surface area (Å²) in [5.74, 6) is 1.21. The Bertz CT molecular complexity index is 970. The van der Waals surface area contributed by atoms with Crippen LogP contribution in [0, 0.1) is 0 Å². The predicted molar refractivity (Wildman–Crippen MR) is 105 cm³/mol. The molecule has 1 N–H and O–H groups in total. The van der Waals surface area contributed by atoms with E-state index < -0.39 is 6.23 Å². The smallest absolute Gasteiger partial charge is 0.247 e. The Morgan fingerprint density at radius 3 is 2.88 bits per heavy atom. The van der Waals surface area contributed by atoms with Gasteiger partial charge in [0, 0.05) is 21.3 Å². The van der Waals surface area contributed by atoms with Gasteiger partial charge in [0.25, 0.3) is 0 Å². The molecule has 1 aliphatic heterocycles. The summed E-state index contributed by atoms with van der Waals surface area (Å²) >= 11 is 4.94. The van der Waals surface area contributed by atoms with Gasteiger partial charge in [-0.2, -0.15) is 4.98 Å². The van der Waals surface area contributed by atoms with Gasteiger partial charge in [-0.15, -0.1) is 10.2 Å². The molecule has 4 rings (SSSR count). The summed E-state index contributed by atoms with van der Waals surface area (Å²) in [5, 5.41) is 12.5. The van der Waals surface area contributed by atoms with Gasteiger partial charge >= 0.3 is 0 Å². The Morgan fingerprint density at radius 1 is 1.19 bits per heavy atom. The summed E-state index contributed by atoms with van der Waals surface area (Å²) < 4.78 is 12.5. The van der Waals surface area contributed by atoms with Crippen molar-refractivity contribution in [1.82, 2.24) is 15.2 Å².